The minimum absolute atomic E-state index is 0.103. The first-order valence-electron chi connectivity index (χ1n) is 3.15. The molecule has 0 aliphatic rings. The molecule has 0 bridgehead atoms. The summed E-state index contributed by atoms with van der Waals surface area (Å²) in [6.07, 6.45) is -2.49. The summed E-state index contributed by atoms with van der Waals surface area (Å²) in [5.41, 5.74) is -0.832. The molecular formula is C7H3Cl2F2NO. The van der Waals surface area contributed by atoms with E-state index in [-0.39, 0.29) is 22.0 Å². The van der Waals surface area contributed by atoms with Crippen LogP contribution in [0.1, 0.15) is 22.6 Å². The Morgan fingerprint density at radius 3 is 2.54 bits per heavy atom. The second kappa shape index (κ2) is 3.98. The summed E-state index contributed by atoms with van der Waals surface area (Å²) in [5, 5.41) is -0.213. The topological polar surface area (TPSA) is 30.0 Å². The summed E-state index contributed by atoms with van der Waals surface area (Å²) in [6, 6.07) is 0.932. The molecule has 0 atom stereocenters. The van der Waals surface area contributed by atoms with Gasteiger partial charge in [-0.05, 0) is 6.07 Å². The normalized spacial score (nSPS) is 10.5. The summed E-state index contributed by atoms with van der Waals surface area (Å²) in [5.74, 6) is 0. The number of aldehydes is 1. The van der Waals surface area contributed by atoms with Crippen molar-refractivity contribution < 1.29 is 13.6 Å². The van der Waals surface area contributed by atoms with Crippen molar-refractivity contribution in [3.8, 4) is 0 Å². The van der Waals surface area contributed by atoms with Crippen LogP contribution in [0, 0.1) is 0 Å². The van der Waals surface area contributed by atoms with E-state index in [4.69, 9.17) is 23.2 Å². The van der Waals surface area contributed by atoms with Gasteiger partial charge in [0.15, 0.2) is 6.29 Å². The van der Waals surface area contributed by atoms with E-state index in [1.165, 1.54) is 0 Å². The molecule has 0 amide bonds. The van der Waals surface area contributed by atoms with Gasteiger partial charge in [0.2, 0.25) is 0 Å². The van der Waals surface area contributed by atoms with Gasteiger partial charge < -0.3 is 0 Å². The predicted octanol–water partition coefficient (Wildman–Crippen LogP) is 3.14. The number of hydrogen-bond acceptors (Lipinski definition) is 2. The zero-order chi connectivity index (χ0) is 10.0. The number of carbonyl (C=O) groups is 1. The molecule has 0 saturated carbocycles. The quantitative estimate of drug-likeness (QED) is 0.725. The van der Waals surface area contributed by atoms with Crippen LogP contribution in [0.2, 0.25) is 10.0 Å². The number of pyridine rings is 1. The second-order valence-electron chi connectivity index (χ2n) is 2.15. The molecule has 2 nitrogen and oxygen atoms in total. The zero-order valence-corrected chi connectivity index (χ0v) is 7.61. The fourth-order valence-electron chi connectivity index (χ4n) is 0.726. The fraction of sp³-hybridized carbons (Fsp3) is 0.143. The van der Waals surface area contributed by atoms with Gasteiger partial charge in [0.1, 0.15) is 11.4 Å². The van der Waals surface area contributed by atoms with Gasteiger partial charge in [-0.3, -0.25) is 4.79 Å². The van der Waals surface area contributed by atoms with Crippen LogP contribution in [-0.2, 0) is 0 Å². The van der Waals surface area contributed by atoms with Gasteiger partial charge in [-0.15, -0.1) is 0 Å². The van der Waals surface area contributed by atoms with Crippen LogP contribution in [0.15, 0.2) is 6.07 Å². The fourth-order valence-corrected chi connectivity index (χ4v) is 1.08. The van der Waals surface area contributed by atoms with Crippen molar-refractivity contribution in [1.29, 1.82) is 0 Å². The Hall–Kier alpha value is -0.740. The van der Waals surface area contributed by atoms with Gasteiger partial charge >= 0.3 is 0 Å². The van der Waals surface area contributed by atoms with Gasteiger partial charge in [-0.25, -0.2) is 13.8 Å². The number of alkyl halides is 2. The molecule has 0 radical (unpaired) electrons. The van der Waals surface area contributed by atoms with Crippen LogP contribution < -0.4 is 0 Å². The highest BCUT2D eigenvalue weighted by molar-refractivity contribution is 6.43. The molecule has 0 aliphatic carbocycles. The molecular weight excluding hydrogens is 223 g/mol. The molecule has 1 aromatic rings. The van der Waals surface area contributed by atoms with Crippen molar-refractivity contribution in [2.24, 2.45) is 0 Å². The third-order valence-electron chi connectivity index (χ3n) is 1.29. The van der Waals surface area contributed by atoms with Gasteiger partial charge in [-0.2, -0.15) is 0 Å². The highest BCUT2D eigenvalue weighted by Gasteiger charge is 2.14. The molecule has 0 N–H and O–H groups in total. The van der Waals surface area contributed by atoms with Crippen molar-refractivity contribution in [3.05, 3.63) is 27.5 Å². The standard InChI is InChI=1S/C7H3Cl2F2NO/c8-3-1-4(7(10)11)12-5(2-13)6(3)9/h1-2,7H. The highest BCUT2D eigenvalue weighted by Crippen LogP contribution is 2.28. The lowest BCUT2D eigenvalue weighted by Crippen LogP contribution is -1.96. The van der Waals surface area contributed by atoms with Gasteiger partial charge in [-0.1, -0.05) is 23.2 Å². The minimum Gasteiger partial charge on any atom is -0.296 e. The summed E-state index contributed by atoms with van der Waals surface area (Å²) in [6.45, 7) is 0. The first kappa shape index (κ1) is 10.3. The average molecular weight is 226 g/mol. The first-order chi connectivity index (χ1) is 6.06. The average Bonchev–Trinajstić information content (AvgIpc) is 2.09. The van der Waals surface area contributed by atoms with Crippen LogP contribution in [-0.4, -0.2) is 11.3 Å². The molecule has 1 rings (SSSR count). The van der Waals surface area contributed by atoms with E-state index in [0.717, 1.165) is 6.07 Å². The Bertz CT molecular complexity index is 344. The Morgan fingerprint density at radius 1 is 1.46 bits per heavy atom. The Kier molecular flexibility index (Phi) is 3.17. The monoisotopic (exact) mass is 225 g/mol. The lowest BCUT2D eigenvalue weighted by Gasteiger charge is -2.02. The summed E-state index contributed by atoms with van der Waals surface area (Å²) < 4.78 is 24.2. The van der Waals surface area contributed by atoms with E-state index in [0.29, 0.717) is 0 Å². The van der Waals surface area contributed by atoms with Crippen LogP contribution >= 0.6 is 23.2 Å². The van der Waals surface area contributed by atoms with E-state index < -0.39 is 12.1 Å². The third kappa shape index (κ3) is 2.14. The predicted molar refractivity (Wildman–Crippen MR) is 44.6 cm³/mol. The van der Waals surface area contributed by atoms with Crippen molar-refractivity contribution in [3.63, 3.8) is 0 Å². The largest absolute Gasteiger partial charge is 0.296 e. The molecule has 0 spiro atoms. The lowest BCUT2D eigenvalue weighted by molar-refractivity contribution is 0.111. The van der Waals surface area contributed by atoms with Crippen molar-refractivity contribution >= 4 is 29.5 Å². The molecule has 1 aromatic heterocycles. The number of aromatic nitrogens is 1. The van der Waals surface area contributed by atoms with Crippen molar-refractivity contribution in [2.45, 2.75) is 6.43 Å². The molecule has 70 valence electrons. The number of hydrogen-bond donors (Lipinski definition) is 0. The summed E-state index contributed by atoms with van der Waals surface area (Å²) in [7, 11) is 0. The molecule has 0 unspecified atom stereocenters. The summed E-state index contributed by atoms with van der Waals surface area (Å²) in [4.78, 5) is 13.6. The maximum atomic E-state index is 12.1. The van der Waals surface area contributed by atoms with Gasteiger partial charge in [0.25, 0.3) is 6.43 Å². The molecule has 1 heterocycles. The van der Waals surface area contributed by atoms with E-state index in [1.54, 1.807) is 0 Å². The maximum Gasteiger partial charge on any atom is 0.280 e. The minimum atomic E-state index is -2.77. The number of carbonyl (C=O) groups excluding carboxylic acids is 1. The molecule has 0 saturated heterocycles. The lowest BCUT2D eigenvalue weighted by atomic mass is 10.3. The van der Waals surface area contributed by atoms with Gasteiger partial charge in [0, 0.05) is 0 Å². The van der Waals surface area contributed by atoms with Gasteiger partial charge in [0.05, 0.1) is 10.0 Å². The van der Waals surface area contributed by atoms with Crippen molar-refractivity contribution in [2.75, 3.05) is 0 Å². The van der Waals surface area contributed by atoms with E-state index in [2.05, 4.69) is 4.98 Å². The highest BCUT2D eigenvalue weighted by atomic mass is 35.5. The molecule has 13 heavy (non-hydrogen) atoms. The van der Waals surface area contributed by atoms with E-state index >= 15 is 0 Å². The Morgan fingerprint density at radius 2 is 2.08 bits per heavy atom. The maximum absolute atomic E-state index is 12.1. The Labute approximate surface area is 82.5 Å². The third-order valence-corrected chi connectivity index (χ3v) is 2.09. The van der Waals surface area contributed by atoms with E-state index in [9.17, 15) is 13.6 Å². The number of nitrogens with zero attached hydrogens (tertiary/aromatic N) is 1. The zero-order valence-electron chi connectivity index (χ0n) is 6.10. The Balaban J connectivity index is 3.30. The SMILES string of the molecule is O=Cc1nc(C(F)F)cc(Cl)c1Cl. The molecule has 0 aliphatic heterocycles. The first-order valence-corrected chi connectivity index (χ1v) is 3.91. The van der Waals surface area contributed by atoms with Crippen LogP contribution in [0.25, 0.3) is 0 Å². The smallest absolute Gasteiger partial charge is 0.280 e. The second-order valence-corrected chi connectivity index (χ2v) is 2.93. The number of halogens is 4. The molecule has 0 fully saturated rings. The summed E-state index contributed by atoms with van der Waals surface area (Å²) >= 11 is 11.0. The van der Waals surface area contributed by atoms with Crippen LogP contribution in [0.4, 0.5) is 8.78 Å². The van der Waals surface area contributed by atoms with Crippen molar-refractivity contribution in [1.82, 2.24) is 4.98 Å². The molecule has 0 aromatic carbocycles. The number of rotatable bonds is 2. The van der Waals surface area contributed by atoms with Crippen LogP contribution in [0.3, 0.4) is 0 Å². The van der Waals surface area contributed by atoms with Crippen LogP contribution in [0.5, 0.6) is 0 Å². The van der Waals surface area contributed by atoms with E-state index in [1.807, 2.05) is 0 Å². The molecule has 6 heteroatoms.